The van der Waals surface area contributed by atoms with Gasteiger partial charge in [0.15, 0.2) is 6.29 Å². The van der Waals surface area contributed by atoms with Gasteiger partial charge in [0.25, 0.3) is 5.91 Å². The number of halogens is 1. The molecule has 0 radical (unpaired) electrons. The van der Waals surface area contributed by atoms with Crippen LogP contribution in [0.25, 0.3) is 0 Å². The molecule has 188 valence electrons. The number of carbonyl (C=O) groups is 3. The maximum atomic E-state index is 12.8. The van der Waals surface area contributed by atoms with Crippen LogP contribution in [-0.4, -0.2) is 42.4 Å². The fourth-order valence-corrected chi connectivity index (χ4v) is 3.75. The second-order valence-corrected chi connectivity index (χ2v) is 8.17. The van der Waals surface area contributed by atoms with E-state index in [2.05, 4.69) is 22.9 Å². The number of nitrogens with one attached hydrogen (secondary N) is 1. The summed E-state index contributed by atoms with van der Waals surface area (Å²) in [7, 11) is 1.77. The summed E-state index contributed by atoms with van der Waals surface area (Å²) in [6.07, 6.45) is 4.56. The Morgan fingerprint density at radius 3 is 2.26 bits per heavy atom. The van der Waals surface area contributed by atoms with Gasteiger partial charge in [-0.2, -0.15) is 12.6 Å². The Kier molecular flexibility index (Phi) is 14.4. The first-order chi connectivity index (χ1) is 16.2. The lowest BCUT2D eigenvalue weighted by Crippen LogP contribution is -2.42. The Hall–Kier alpha value is -2.42. The summed E-state index contributed by atoms with van der Waals surface area (Å²) in [5.74, 6) is -0.417. The molecule has 0 aliphatic carbocycles. The van der Waals surface area contributed by atoms with Crippen molar-refractivity contribution in [1.29, 1.82) is 0 Å². The minimum atomic E-state index is -0.893. The Morgan fingerprint density at radius 1 is 1.24 bits per heavy atom. The highest BCUT2D eigenvalue weighted by Crippen LogP contribution is 2.42. The van der Waals surface area contributed by atoms with Gasteiger partial charge in [-0.15, -0.1) is 0 Å². The number of aromatic nitrogens is 1. The third-order valence-electron chi connectivity index (χ3n) is 4.98. The van der Waals surface area contributed by atoms with Crippen LogP contribution in [0.2, 0.25) is 5.02 Å². The number of nitrogens with two attached hydrogens (primary N) is 1. The van der Waals surface area contributed by atoms with Gasteiger partial charge in [0.05, 0.1) is 22.2 Å². The van der Waals surface area contributed by atoms with Crippen LogP contribution in [-0.2, 0) is 9.59 Å². The Morgan fingerprint density at radius 2 is 1.85 bits per heavy atom. The lowest BCUT2D eigenvalue weighted by molar-refractivity contribution is -0.126. The number of hydrogen-bond donors (Lipinski definition) is 3. The molecule has 1 saturated heterocycles. The van der Waals surface area contributed by atoms with Crippen LogP contribution >= 0.6 is 24.2 Å². The molecule has 0 bridgehead atoms. The number of pyridine rings is 1. The predicted molar refractivity (Wildman–Crippen MR) is 145 cm³/mol. The van der Waals surface area contributed by atoms with Crippen LogP contribution in [0.4, 0.5) is 11.4 Å². The molecule has 0 saturated carbocycles. The topological polar surface area (TPSA) is 105 Å². The monoisotopic (exact) mass is 508 g/mol. The maximum Gasteiger partial charge on any atom is 0.251 e. The van der Waals surface area contributed by atoms with E-state index in [-0.39, 0.29) is 11.8 Å². The molecule has 1 aromatic carbocycles. The molecule has 2 unspecified atom stereocenters. The quantitative estimate of drug-likeness (QED) is 0.295. The van der Waals surface area contributed by atoms with Gasteiger partial charge in [-0.25, -0.2) is 4.90 Å². The number of thiol groups is 1. The number of carbonyl (C=O) groups excluding carboxylic acids is 3. The molecule has 34 heavy (non-hydrogen) atoms. The number of nitrogens with zero attached hydrogens (tertiary/aromatic N) is 2. The van der Waals surface area contributed by atoms with Crippen LogP contribution in [0.1, 0.15) is 51.5 Å². The molecule has 9 heteroatoms. The lowest BCUT2D eigenvalue weighted by atomic mass is 9.77. The zero-order valence-corrected chi connectivity index (χ0v) is 22.7. The van der Waals surface area contributed by atoms with E-state index in [1.807, 2.05) is 27.7 Å². The Bertz CT molecular complexity index is 928. The van der Waals surface area contributed by atoms with Gasteiger partial charge in [0.2, 0.25) is 5.91 Å². The average molecular weight is 509 g/mol. The van der Waals surface area contributed by atoms with Gasteiger partial charge in [0, 0.05) is 18.9 Å². The van der Waals surface area contributed by atoms with Crippen LogP contribution in [0.15, 0.2) is 42.6 Å². The number of benzene rings is 1. The summed E-state index contributed by atoms with van der Waals surface area (Å²) in [5.41, 5.74) is 6.84. The number of imide groups is 1. The van der Waals surface area contributed by atoms with Crippen LogP contribution in [0, 0.1) is 11.3 Å². The molecular weight excluding hydrogens is 472 g/mol. The minimum absolute atomic E-state index is 0.259. The first kappa shape index (κ1) is 31.6. The minimum Gasteiger partial charge on any atom is -0.388 e. The van der Waals surface area contributed by atoms with Gasteiger partial charge in [0.1, 0.15) is 5.69 Å². The summed E-state index contributed by atoms with van der Waals surface area (Å²) in [5, 5.41) is 3.30. The van der Waals surface area contributed by atoms with E-state index in [1.165, 1.54) is 0 Å². The van der Waals surface area contributed by atoms with Crippen molar-refractivity contribution in [2.24, 2.45) is 17.1 Å². The van der Waals surface area contributed by atoms with Gasteiger partial charge in [-0.05, 0) is 55.9 Å². The van der Waals surface area contributed by atoms with Crippen LogP contribution in [0.3, 0.4) is 0 Å². The molecule has 7 nitrogen and oxygen atoms in total. The molecular formula is C25H37ClN4O3S. The summed E-state index contributed by atoms with van der Waals surface area (Å²) in [6.45, 7) is 9.77. The number of anilines is 2. The second-order valence-electron chi connectivity index (χ2n) is 7.76. The van der Waals surface area contributed by atoms with E-state index in [1.54, 1.807) is 62.8 Å². The highest BCUT2D eigenvalue weighted by atomic mass is 35.5. The zero-order valence-electron chi connectivity index (χ0n) is 21.0. The molecule has 1 aromatic heterocycles. The van der Waals surface area contributed by atoms with Crippen molar-refractivity contribution in [1.82, 2.24) is 4.98 Å². The van der Waals surface area contributed by atoms with Gasteiger partial charge in [-0.3, -0.25) is 19.4 Å². The van der Waals surface area contributed by atoms with Gasteiger partial charge in [-0.1, -0.05) is 45.4 Å². The molecule has 1 fully saturated rings. The molecule has 2 aromatic rings. The SMILES string of the molecule is CC.CNc1ccc(N2C(=O)C(N)C(C)(CC(C)C)C2=O)c(Cl)c1.CS.O=Cc1ccccn1. The zero-order chi connectivity index (χ0) is 26.5. The molecule has 3 rings (SSSR count). The third kappa shape index (κ3) is 7.82. The third-order valence-corrected chi connectivity index (χ3v) is 5.29. The van der Waals surface area contributed by atoms with E-state index in [4.69, 9.17) is 17.3 Å². The van der Waals surface area contributed by atoms with Crippen molar-refractivity contribution < 1.29 is 14.4 Å². The van der Waals surface area contributed by atoms with Crippen molar-refractivity contribution in [2.45, 2.75) is 47.1 Å². The summed E-state index contributed by atoms with van der Waals surface area (Å²) in [6, 6.07) is 9.48. The lowest BCUT2D eigenvalue weighted by Gasteiger charge is -2.26. The van der Waals surface area contributed by atoms with E-state index in [0.29, 0.717) is 22.8 Å². The molecule has 2 amide bonds. The summed E-state index contributed by atoms with van der Waals surface area (Å²) < 4.78 is 0. The van der Waals surface area contributed by atoms with Crippen LogP contribution in [0.5, 0.6) is 0 Å². The molecule has 1 aliphatic heterocycles. The van der Waals surface area contributed by atoms with Crippen molar-refractivity contribution in [3.05, 3.63) is 53.3 Å². The van der Waals surface area contributed by atoms with Crippen LogP contribution < -0.4 is 16.0 Å². The number of amides is 2. The van der Waals surface area contributed by atoms with Gasteiger partial charge < -0.3 is 11.1 Å². The highest BCUT2D eigenvalue weighted by molar-refractivity contribution is 7.79. The number of aldehydes is 1. The van der Waals surface area contributed by atoms with Crippen molar-refractivity contribution in [3.8, 4) is 0 Å². The van der Waals surface area contributed by atoms with E-state index >= 15 is 0 Å². The summed E-state index contributed by atoms with van der Waals surface area (Å²) >= 11 is 9.77. The average Bonchev–Trinajstić information content (AvgIpc) is 3.02. The smallest absolute Gasteiger partial charge is 0.251 e. The van der Waals surface area contributed by atoms with Crippen molar-refractivity contribution in [3.63, 3.8) is 0 Å². The standard InChI is InChI=1S/C16H22ClN3O2.C6H5NO.C2H6.CH4S/c1-9(2)8-16(3)13(18)14(21)20(15(16)22)12-6-5-10(19-4)7-11(12)17;8-5-6-3-1-2-4-7-6;2*1-2/h5-7,9,13,19H,8,18H2,1-4H3;1-5H;1-2H3;2H,1H3. The van der Waals surface area contributed by atoms with Crippen molar-refractivity contribution in [2.75, 3.05) is 23.5 Å². The number of rotatable bonds is 5. The van der Waals surface area contributed by atoms with E-state index < -0.39 is 17.4 Å². The molecule has 0 spiro atoms. The Labute approximate surface area is 213 Å². The first-order valence-electron chi connectivity index (χ1n) is 11.1. The normalized spacial score (nSPS) is 18.7. The van der Waals surface area contributed by atoms with E-state index in [0.717, 1.165) is 16.9 Å². The molecule has 1 aliphatic rings. The molecule has 2 atom stereocenters. The fourth-order valence-electron chi connectivity index (χ4n) is 3.48. The fraction of sp³-hybridized carbons (Fsp3) is 0.440. The maximum absolute atomic E-state index is 12.8. The van der Waals surface area contributed by atoms with E-state index in [9.17, 15) is 14.4 Å². The first-order valence-corrected chi connectivity index (χ1v) is 12.3. The predicted octanol–water partition coefficient (Wildman–Crippen LogP) is 5.10. The number of hydrogen-bond acceptors (Lipinski definition) is 7. The van der Waals surface area contributed by atoms with Gasteiger partial charge >= 0.3 is 0 Å². The second kappa shape index (κ2) is 15.5. The molecule has 2 heterocycles. The summed E-state index contributed by atoms with van der Waals surface area (Å²) in [4.78, 5) is 40.2. The largest absolute Gasteiger partial charge is 0.388 e. The van der Waals surface area contributed by atoms with Crippen molar-refractivity contribution >= 4 is 53.7 Å². The highest BCUT2D eigenvalue weighted by Gasteiger charge is 2.55. The Balaban J connectivity index is 0.000000755. The molecule has 3 N–H and O–H groups in total.